The van der Waals surface area contributed by atoms with Gasteiger partial charge < -0.3 is 15.2 Å². The van der Waals surface area contributed by atoms with E-state index in [4.69, 9.17) is 9.72 Å². The van der Waals surface area contributed by atoms with Gasteiger partial charge in [-0.05, 0) is 61.4 Å². The molecule has 2 heterocycles. The van der Waals surface area contributed by atoms with Crippen LogP contribution in [0.25, 0.3) is 16.9 Å². The average Bonchev–Trinajstić information content (AvgIpc) is 3.01. The van der Waals surface area contributed by atoms with Crippen LogP contribution in [-0.4, -0.2) is 21.6 Å². The third kappa shape index (κ3) is 3.08. The van der Waals surface area contributed by atoms with Crippen molar-refractivity contribution in [1.82, 2.24) is 9.38 Å². The molecule has 0 saturated carbocycles. The molecule has 0 aliphatic heterocycles. The second-order valence-electron chi connectivity index (χ2n) is 6.57. The summed E-state index contributed by atoms with van der Waals surface area (Å²) in [5.41, 5.74) is 5.82. The molecule has 4 rings (SSSR count). The number of aryl methyl sites for hydroxylation is 2. The summed E-state index contributed by atoms with van der Waals surface area (Å²) < 4.78 is 7.31. The number of methoxy groups -OCH3 is 1. The molecule has 27 heavy (non-hydrogen) atoms. The highest BCUT2D eigenvalue weighted by molar-refractivity contribution is 5.81. The van der Waals surface area contributed by atoms with Crippen molar-refractivity contribution in [2.24, 2.45) is 0 Å². The van der Waals surface area contributed by atoms with Crippen molar-refractivity contribution in [1.29, 1.82) is 0 Å². The number of aromatic hydroxyl groups is 1. The maximum atomic E-state index is 9.93. The van der Waals surface area contributed by atoms with E-state index in [-0.39, 0.29) is 5.75 Å². The Hall–Kier alpha value is -3.47. The zero-order valence-corrected chi connectivity index (χ0v) is 15.5. The third-order valence-corrected chi connectivity index (χ3v) is 4.63. The van der Waals surface area contributed by atoms with Crippen molar-refractivity contribution in [3.05, 3.63) is 71.9 Å². The third-order valence-electron chi connectivity index (χ3n) is 4.63. The number of nitrogens with zero attached hydrogens (tertiary/aromatic N) is 2. The van der Waals surface area contributed by atoms with Crippen LogP contribution in [0.15, 0.2) is 60.8 Å². The Morgan fingerprint density at radius 2 is 1.85 bits per heavy atom. The lowest BCUT2D eigenvalue weighted by Crippen LogP contribution is -1.98. The standard InChI is InChI=1S/C22H21N3O2/c1-14-10-11-25-20(12-14)24-21(16-8-9-18(26)19(13-16)27-3)22(25)23-17-7-5-4-6-15(17)2/h4-13,23,26H,1-3H3. The summed E-state index contributed by atoms with van der Waals surface area (Å²) in [4.78, 5) is 4.84. The van der Waals surface area contributed by atoms with E-state index in [1.165, 1.54) is 0 Å². The van der Waals surface area contributed by atoms with E-state index in [1.54, 1.807) is 19.2 Å². The smallest absolute Gasteiger partial charge is 0.161 e. The van der Waals surface area contributed by atoms with Crippen LogP contribution in [0.3, 0.4) is 0 Å². The van der Waals surface area contributed by atoms with Crippen LogP contribution in [0.1, 0.15) is 11.1 Å². The van der Waals surface area contributed by atoms with Gasteiger partial charge in [0.1, 0.15) is 17.2 Å². The number of anilines is 2. The summed E-state index contributed by atoms with van der Waals surface area (Å²) >= 11 is 0. The van der Waals surface area contributed by atoms with Gasteiger partial charge in [0.25, 0.3) is 0 Å². The molecule has 2 aromatic heterocycles. The number of pyridine rings is 1. The molecule has 5 heteroatoms. The monoisotopic (exact) mass is 359 g/mol. The number of hydrogen-bond donors (Lipinski definition) is 2. The van der Waals surface area contributed by atoms with E-state index in [0.717, 1.165) is 39.5 Å². The van der Waals surface area contributed by atoms with Crippen LogP contribution in [0.5, 0.6) is 11.5 Å². The number of nitrogens with one attached hydrogen (secondary N) is 1. The molecule has 5 nitrogen and oxygen atoms in total. The fraction of sp³-hybridized carbons (Fsp3) is 0.136. The van der Waals surface area contributed by atoms with Gasteiger partial charge in [-0.1, -0.05) is 18.2 Å². The Bertz CT molecular complexity index is 1130. The molecular weight excluding hydrogens is 338 g/mol. The molecule has 0 unspecified atom stereocenters. The molecule has 0 radical (unpaired) electrons. The van der Waals surface area contributed by atoms with Gasteiger partial charge >= 0.3 is 0 Å². The highest BCUT2D eigenvalue weighted by Crippen LogP contribution is 2.36. The second kappa shape index (κ2) is 6.68. The SMILES string of the molecule is COc1cc(-c2nc3cc(C)ccn3c2Nc2ccccc2C)ccc1O. The fourth-order valence-corrected chi connectivity index (χ4v) is 3.13. The van der Waals surface area contributed by atoms with Crippen molar-refractivity contribution in [2.45, 2.75) is 13.8 Å². The van der Waals surface area contributed by atoms with E-state index >= 15 is 0 Å². The maximum absolute atomic E-state index is 9.93. The second-order valence-corrected chi connectivity index (χ2v) is 6.57. The van der Waals surface area contributed by atoms with Gasteiger partial charge in [-0.2, -0.15) is 0 Å². The molecule has 4 aromatic rings. The molecule has 0 amide bonds. The minimum atomic E-state index is 0.106. The van der Waals surface area contributed by atoms with Crippen LogP contribution >= 0.6 is 0 Å². The Morgan fingerprint density at radius 3 is 2.63 bits per heavy atom. The first-order valence-electron chi connectivity index (χ1n) is 8.75. The number of imidazole rings is 1. The van der Waals surface area contributed by atoms with Crippen LogP contribution in [-0.2, 0) is 0 Å². The van der Waals surface area contributed by atoms with Crippen molar-refractivity contribution >= 4 is 17.2 Å². The first-order chi connectivity index (χ1) is 13.1. The lowest BCUT2D eigenvalue weighted by atomic mass is 10.1. The summed E-state index contributed by atoms with van der Waals surface area (Å²) in [5.74, 6) is 1.39. The maximum Gasteiger partial charge on any atom is 0.161 e. The first-order valence-corrected chi connectivity index (χ1v) is 8.75. The summed E-state index contributed by atoms with van der Waals surface area (Å²) in [6.45, 7) is 4.12. The number of aromatic nitrogens is 2. The largest absolute Gasteiger partial charge is 0.504 e. The molecule has 2 N–H and O–H groups in total. The molecule has 136 valence electrons. The zero-order chi connectivity index (χ0) is 19.0. The Kier molecular flexibility index (Phi) is 4.20. The molecule has 0 fully saturated rings. The number of benzene rings is 2. The zero-order valence-electron chi connectivity index (χ0n) is 15.5. The highest BCUT2D eigenvalue weighted by Gasteiger charge is 2.17. The number of phenolic OH excluding ortho intramolecular Hbond substituents is 1. The predicted molar refractivity (Wildman–Crippen MR) is 108 cm³/mol. The average molecular weight is 359 g/mol. The van der Waals surface area contributed by atoms with Crippen molar-refractivity contribution in [3.8, 4) is 22.8 Å². The van der Waals surface area contributed by atoms with Gasteiger partial charge in [-0.25, -0.2) is 4.98 Å². The number of para-hydroxylation sites is 1. The topological polar surface area (TPSA) is 58.8 Å². The van der Waals surface area contributed by atoms with Crippen molar-refractivity contribution in [2.75, 3.05) is 12.4 Å². The fourth-order valence-electron chi connectivity index (χ4n) is 3.13. The van der Waals surface area contributed by atoms with Gasteiger partial charge in [0.2, 0.25) is 0 Å². The van der Waals surface area contributed by atoms with E-state index in [1.807, 2.05) is 47.9 Å². The quantitative estimate of drug-likeness (QED) is 0.534. The predicted octanol–water partition coefficient (Wildman–Crippen LogP) is 5.08. The number of phenols is 1. The molecule has 0 aliphatic carbocycles. The number of fused-ring (bicyclic) bond motifs is 1. The number of ether oxygens (including phenoxy) is 1. The summed E-state index contributed by atoms with van der Waals surface area (Å²) in [6.07, 6.45) is 2.01. The van der Waals surface area contributed by atoms with Crippen LogP contribution in [0, 0.1) is 13.8 Å². The lowest BCUT2D eigenvalue weighted by molar-refractivity contribution is 0.373. The molecule has 0 spiro atoms. The van der Waals surface area contributed by atoms with Crippen LogP contribution in [0.4, 0.5) is 11.5 Å². The molecule has 0 saturated heterocycles. The molecule has 2 aromatic carbocycles. The first kappa shape index (κ1) is 17.0. The van der Waals surface area contributed by atoms with Gasteiger partial charge in [0, 0.05) is 17.4 Å². The minimum Gasteiger partial charge on any atom is -0.504 e. The van der Waals surface area contributed by atoms with Crippen molar-refractivity contribution < 1.29 is 9.84 Å². The molecule has 0 aliphatic rings. The number of rotatable bonds is 4. The van der Waals surface area contributed by atoms with E-state index in [9.17, 15) is 5.11 Å². The molecule has 0 bridgehead atoms. The van der Waals surface area contributed by atoms with Gasteiger partial charge in [0.05, 0.1) is 7.11 Å². The lowest BCUT2D eigenvalue weighted by Gasteiger charge is -2.12. The molecular formula is C22H21N3O2. The van der Waals surface area contributed by atoms with E-state index < -0.39 is 0 Å². The van der Waals surface area contributed by atoms with Gasteiger partial charge in [0.15, 0.2) is 11.5 Å². The minimum absolute atomic E-state index is 0.106. The van der Waals surface area contributed by atoms with Crippen LogP contribution in [0.2, 0.25) is 0 Å². The normalized spacial score (nSPS) is 10.9. The summed E-state index contributed by atoms with van der Waals surface area (Å²) in [6, 6.07) is 17.5. The van der Waals surface area contributed by atoms with Gasteiger partial charge in [-0.15, -0.1) is 0 Å². The van der Waals surface area contributed by atoms with Gasteiger partial charge in [-0.3, -0.25) is 4.40 Å². The van der Waals surface area contributed by atoms with Crippen molar-refractivity contribution in [3.63, 3.8) is 0 Å². The molecule has 0 atom stereocenters. The highest BCUT2D eigenvalue weighted by atomic mass is 16.5. The number of hydrogen-bond acceptors (Lipinski definition) is 4. The summed E-state index contributed by atoms with van der Waals surface area (Å²) in [5, 5.41) is 13.5. The Labute approximate surface area is 157 Å². The Balaban J connectivity index is 1.93. The van der Waals surface area contributed by atoms with E-state index in [2.05, 4.69) is 24.4 Å². The van der Waals surface area contributed by atoms with E-state index in [0.29, 0.717) is 5.75 Å². The summed E-state index contributed by atoms with van der Waals surface area (Å²) in [7, 11) is 1.54. The Morgan fingerprint density at radius 1 is 1.04 bits per heavy atom. The van der Waals surface area contributed by atoms with Crippen LogP contribution < -0.4 is 10.1 Å².